The van der Waals surface area contributed by atoms with Gasteiger partial charge in [-0.2, -0.15) is 0 Å². The first-order valence-electron chi connectivity index (χ1n) is 5.33. The Bertz CT molecular complexity index is 355. The molecule has 0 saturated heterocycles. The number of aliphatic hydroxyl groups is 1. The van der Waals surface area contributed by atoms with E-state index in [1.807, 2.05) is 13.0 Å². The fourth-order valence-corrected chi connectivity index (χ4v) is 1.98. The van der Waals surface area contributed by atoms with Crippen molar-refractivity contribution in [2.24, 2.45) is 0 Å². The lowest BCUT2D eigenvalue weighted by Crippen LogP contribution is -2.17. The van der Waals surface area contributed by atoms with Crippen LogP contribution < -0.4 is 10.1 Å². The van der Waals surface area contributed by atoms with Crippen LogP contribution in [0.2, 0.25) is 5.02 Å². The molecule has 0 aliphatic rings. The van der Waals surface area contributed by atoms with Crippen LogP contribution in [0.25, 0.3) is 0 Å². The molecule has 1 aromatic carbocycles. The molecule has 0 heterocycles. The lowest BCUT2D eigenvalue weighted by molar-refractivity contribution is 0.173. The number of aliphatic hydroxyl groups excluding tert-OH is 1. The molecule has 0 spiro atoms. The summed E-state index contributed by atoms with van der Waals surface area (Å²) >= 11 is 6.01. The van der Waals surface area contributed by atoms with Crippen LogP contribution in [0.4, 0.5) is 0 Å². The molecule has 0 saturated carbocycles. The van der Waals surface area contributed by atoms with Gasteiger partial charge >= 0.3 is 0 Å². The highest BCUT2D eigenvalue weighted by Crippen LogP contribution is 2.32. The first kappa shape index (κ1) is 13.3. The first-order valence-corrected chi connectivity index (χ1v) is 5.70. The van der Waals surface area contributed by atoms with Crippen LogP contribution >= 0.6 is 11.6 Å². The average Bonchev–Trinajstić information content (AvgIpc) is 2.28. The van der Waals surface area contributed by atoms with Crippen LogP contribution in [-0.2, 0) is 6.42 Å². The Morgan fingerprint density at radius 1 is 1.50 bits per heavy atom. The van der Waals surface area contributed by atoms with E-state index in [0.717, 1.165) is 23.3 Å². The van der Waals surface area contributed by atoms with Crippen molar-refractivity contribution in [3.8, 4) is 5.75 Å². The fraction of sp³-hybridized carbons (Fsp3) is 0.500. The van der Waals surface area contributed by atoms with Gasteiger partial charge in [0, 0.05) is 17.1 Å². The molecular formula is C12H18ClNO2. The number of ether oxygens (including phenoxy) is 1. The van der Waals surface area contributed by atoms with E-state index >= 15 is 0 Å². The summed E-state index contributed by atoms with van der Waals surface area (Å²) in [5, 5.41) is 13.5. The van der Waals surface area contributed by atoms with Crippen LogP contribution in [0, 0.1) is 0 Å². The molecule has 0 aromatic heterocycles. The van der Waals surface area contributed by atoms with Crippen molar-refractivity contribution in [2.45, 2.75) is 19.4 Å². The molecule has 3 nitrogen and oxygen atoms in total. The minimum atomic E-state index is -0.607. The van der Waals surface area contributed by atoms with E-state index in [1.54, 1.807) is 20.2 Å². The Kier molecular flexibility index (Phi) is 5.06. The Morgan fingerprint density at radius 3 is 2.69 bits per heavy atom. The molecular weight excluding hydrogens is 226 g/mol. The van der Waals surface area contributed by atoms with Crippen LogP contribution in [-0.4, -0.2) is 25.8 Å². The number of likely N-dealkylation sites (N-methyl/N-ethyl adjacent to an activating group) is 1. The number of benzene rings is 1. The van der Waals surface area contributed by atoms with Gasteiger partial charge in [-0.3, -0.25) is 0 Å². The van der Waals surface area contributed by atoms with Gasteiger partial charge in [0.1, 0.15) is 5.75 Å². The van der Waals surface area contributed by atoms with E-state index in [9.17, 15) is 5.11 Å². The van der Waals surface area contributed by atoms with Gasteiger partial charge in [-0.1, -0.05) is 18.5 Å². The third-order valence-corrected chi connectivity index (χ3v) is 2.72. The molecule has 1 rings (SSSR count). The van der Waals surface area contributed by atoms with Crippen LogP contribution in [0.15, 0.2) is 12.1 Å². The summed E-state index contributed by atoms with van der Waals surface area (Å²) in [5.41, 5.74) is 1.75. The quantitative estimate of drug-likeness (QED) is 0.833. The van der Waals surface area contributed by atoms with Crippen LogP contribution in [0.1, 0.15) is 24.2 Å². The number of hydrogen-bond donors (Lipinski definition) is 2. The van der Waals surface area contributed by atoms with Crippen molar-refractivity contribution in [1.82, 2.24) is 5.32 Å². The SMILES string of the molecule is CCc1cc(Cl)cc(C(O)CNC)c1OC. The summed E-state index contributed by atoms with van der Waals surface area (Å²) in [6.45, 7) is 2.50. The molecule has 4 heteroatoms. The van der Waals surface area contributed by atoms with Crippen molar-refractivity contribution in [3.63, 3.8) is 0 Å². The van der Waals surface area contributed by atoms with E-state index in [2.05, 4.69) is 5.32 Å². The number of hydrogen-bond acceptors (Lipinski definition) is 3. The van der Waals surface area contributed by atoms with Gasteiger partial charge in [-0.05, 0) is 31.2 Å². The number of rotatable bonds is 5. The number of halogens is 1. The molecule has 2 N–H and O–H groups in total. The largest absolute Gasteiger partial charge is 0.496 e. The Labute approximate surface area is 101 Å². The Morgan fingerprint density at radius 2 is 2.19 bits per heavy atom. The topological polar surface area (TPSA) is 41.5 Å². The third kappa shape index (κ3) is 2.88. The molecule has 0 fully saturated rings. The smallest absolute Gasteiger partial charge is 0.127 e. The normalized spacial score (nSPS) is 12.6. The standard InChI is InChI=1S/C12H18ClNO2/c1-4-8-5-9(13)6-10(12(8)16-3)11(15)7-14-2/h5-6,11,14-15H,4,7H2,1-3H3. The predicted octanol–water partition coefficient (Wildman–Crippen LogP) is 2.16. The second kappa shape index (κ2) is 6.09. The summed E-state index contributed by atoms with van der Waals surface area (Å²) in [6, 6.07) is 3.62. The van der Waals surface area contributed by atoms with Gasteiger partial charge in [0.25, 0.3) is 0 Å². The third-order valence-electron chi connectivity index (χ3n) is 2.50. The van der Waals surface area contributed by atoms with Gasteiger partial charge < -0.3 is 15.2 Å². The maximum Gasteiger partial charge on any atom is 0.127 e. The Hall–Kier alpha value is -0.770. The van der Waals surface area contributed by atoms with Crippen molar-refractivity contribution < 1.29 is 9.84 Å². The van der Waals surface area contributed by atoms with Gasteiger partial charge in [0.05, 0.1) is 13.2 Å². The molecule has 1 aromatic rings. The zero-order valence-electron chi connectivity index (χ0n) is 9.88. The molecule has 1 unspecified atom stereocenters. The van der Waals surface area contributed by atoms with E-state index in [4.69, 9.17) is 16.3 Å². The average molecular weight is 244 g/mol. The second-order valence-electron chi connectivity index (χ2n) is 3.61. The lowest BCUT2D eigenvalue weighted by Gasteiger charge is -2.17. The van der Waals surface area contributed by atoms with Crippen LogP contribution in [0.5, 0.6) is 5.75 Å². The van der Waals surface area contributed by atoms with Crippen LogP contribution in [0.3, 0.4) is 0 Å². The number of nitrogens with one attached hydrogen (secondary N) is 1. The van der Waals surface area contributed by atoms with Crippen molar-refractivity contribution in [1.29, 1.82) is 0 Å². The highest BCUT2D eigenvalue weighted by molar-refractivity contribution is 6.30. The molecule has 90 valence electrons. The van der Waals surface area contributed by atoms with Crippen molar-refractivity contribution in [2.75, 3.05) is 20.7 Å². The highest BCUT2D eigenvalue weighted by atomic mass is 35.5. The fourth-order valence-electron chi connectivity index (χ4n) is 1.74. The van der Waals surface area contributed by atoms with Gasteiger partial charge in [0.15, 0.2) is 0 Å². The highest BCUT2D eigenvalue weighted by Gasteiger charge is 2.16. The van der Waals surface area contributed by atoms with Gasteiger partial charge in [0.2, 0.25) is 0 Å². The minimum absolute atomic E-state index is 0.472. The minimum Gasteiger partial charge on any atom is -0.496 e. The first-order chi connectivity index (χ1) is 7.63. The molecule has 0 amide bonds. The molecule has 0 radical (unpaired) electrons. The molecule has 0 bridgehead atoms. The second-order valence-corrected chi connectivity index (χ2v) is 4.05. The van der Waals surface area contributed by atoms with E-state index in [0.29, 0.717) is 11.6 Å². The molecule has 0 aliphatic heterocycles. The summed E-state index contributed by atoms with van der Waals surface area (Å²) in [5.74, 6) is 0.731. The zero-order chi connectivity index (χ0) is 12.1. The van der Waals surface area contributed by atoms with E-state index in [-0.39, 0.29) is 0 Å². The number of aryl methyl sites for hydroxylation is 1. The summed E-state index contributed by atoms with van der Waals surface area (Å²) in [6.07, 6.45) is 0.215. The maximum atomic E-state index is 9.98. The monoisotopic (exact) mass is 243 g/mol. The zero-order valence-corrected chi connectivity index (χ0v) is 10.6. The van der Waals surface area contributed by atoms with Gasteiger partial charge in [-0.15, -0.1) is 0 Å². The van der Waals surface area contributed by atoms with Crippen molar-refractivity contribution in [3.05, 3.63) is 28.3 Å². The lowest BCUT2D eigenvalue weighted by atomic mass is 10.0. The molecule has 1 atom stereocenters. The summed E-state index contributed by atoms with van der Waals surface area (Å²) in [7, 11) is 3.40. The molecule has 0 aliphatic carbocycles. The molecule has 16 heavy (non-hydrogen) atoms. The Balaban J connectivity index is 3.19. The predicted molar refractivity (Wildman–Crippen MR) is 66.3 cm³/mol. The summed E-state index contributed by atoms with van der Waals surface area (Å²) in [4.78, 5) is 0. The maximum absolute atomic E-state index is 9.98. The van der Waals surface area contributed by atoms with Crippen molar-refractivity contribution >= 4 is 11.6 Å². The van der Waals surface area contributed by atoms with E-state index in [1.165, 1.54) is 0 Å². The van der Waals surface area contributed by atoms with E-state index < -0.39 is 6.10 Å². The number of methoxy groups -OCH3 is 1. The summed E-state index contributed by atoms with van der Waals surface area (Å²) < 4.78 is 5.34. The van der Waals surface area contributed by atoms with Gasteiger partial charge in [-0.25, -0.2) is 0 Å².